The van der Waals surface area contributed by atoms with Crippen molar-refractivity contribution in [1.29, 1.82) is 0 Å². The molecule has 0 aliphatic heterocycles. The summed E-state index contributed by atoms with van der Waals surface area (Å²) in [5.41, 5.74) is 0. The Labute approximate surface area is 211 Å². The standard InChI is InChI=1S/C32H65O/c1-3-5-6-7-8-9-10-11-12-13-14-15-16-17-18-19-20-21-22-23-24-25-26-27-28-29-30-32-33-31-4-2/h32H,3-31H2,1-2H3. The van der Waals surface area contributed by atoms with Gasteiger partial charge in [0, 0.05) is 6.61 Å². The summed E-state index contributed by atoms with van der Waals surface area (Å²) in [5.74, 6) is 0. The van der Waals surface area contributed by atoms with E-state index in [4.69, 9.17) is 4.74 Å². The van der Waals surface area contributed by atoms with E-state index < -0.39 is 0 Å². The van der Waals surface area contributed by atoms with Crippen LogP contribution in [0.25, 0.3) is 0 Å². The van der Waals surface area contributed by atoms with Gasteiger partial charge in [0.15, 0.2) is 0 Å². The highest BCUT2D eigenvalue weighted by Crippen LogP contribution is 2.16. The van der Waals surface area contributed by atoms with Crippen LogP contribution in [0.5, 0.6) is 0 Å². The van der Waals surface area contributed by atoms with E-state index in [1.807, 2.05) is 6.61 Å². The lowest BCUT2D eigenvalue weighted by atomic mass is 10.0. The van der Waals surface area contributed by atoms with Crippen LogP contribution in [-0.2, 0) is 4.74 Å². The van der Waals surface area contributed by atoms with Crippen LogP contribution in [0.2, 0.25) is 0 Å². The third kappa shape index (κ3) is 32.0. The van der Waals surface area contributed by atoms with Gasteiger partial charge in [-0.1, -0.05) is 181 Å². The van der Waals surface area contributed by atoms with Crippen LogP contribution >= 0.6 is 0 Å². The third-order valence-corrected chi connectivity index (χ3v) is 7.12. The second-order valence-electron chi connectivity index (χ2n) is 10.7. The molecule has 0 saturated heterocycles. The van der Waals surface area contributed by atoms with E-state index >= 15 is 0 Å². The number of ether oxygens (including phenoxy) is 1. The summed E-state index contributed by atoms with van der Waals surface area (Å²) in [6, 6.07) is 0. The van der Waals surface area contributed by atoms with Gasteiger partial charge in [-0.05, 0) is 12.8 Å². The molecule has 0 bridgehead atoms. The van der Waals surface area contributed by atoms with E-state index in [-0.39, 0.29) is 0 Å². The van der Waals surface area contributed by atoms with Gasteiger partial charge in [0.2, 0.25) is 0 Å². The molecule has 1 radical (unpaired) electrons. The van der Waals surface area contributed by atoms with Crippen LogP contribution in [0.1, 0.15) is 194 Å². The lowest BCUT2D eigenvalue weighted by Crippen LogP contribution is -1.89. The molecule has 0 aromatic heterocycles. The third-order valence-electron chi connectivity index (χ3n) is 7.12. The second kappa shape index (κ2) is 32.0. The smallest absolute Gasteiger partial charge is 0.0836 e. The van der Waals surface area contributed by atoms with Gasteiger partial charge in [-0.15, -0.1) is 0 Å². The Hall–Kier alpha value is -0.0400. The number of unbranched alkanes of at least 4 members (excludes halogenated alkanes) is 26. The van der Waals surface area contributed by atoms with Gasteiger partial charge < -0.3 is 4.74 Å². The minimum Gasteiger partial charge on any atom is -0.376 e. The second-order valence-corrected chi connectivity index (χ2v) is 10.7. The molecular weight excluding hydrogens is 400 g/mol. The van der Waals surface area contributed by atoms with Crippen molar-refractivity contribution in [3.05, 3.63) is 6.61 Å². The highest BCUT2D eigenvalue weighted by Gasteiger charge is 1.96. The maximum atomic E-state index is 5.41. The molecule has 0 aliphatic carbocycles. The van der Waals surface area contributed by atoms with Gasteiger partial charge in [-0.2, -0.15) is 0 Å². The average Bonchev–Trinajstić information content (AvgIpc) is 2.83. The lowest BCUT2D eigenvalue weighted by molar-refractivity contribution is 0.190. The molecule has 0 aromatic carbocycles. The molecule has 0 spiro atoms. The summed E-state index contributed by atoms with van der Waals surface area (Å²) >= 11 is 0. The molecule has 0 N–H and O–H groups in total. The summed E-state index contributed by atoms with van der Waals surface area (Å²) in [7, 11) is 0. The van der Waals surface area contributed by atoms with E-state index in [1.54, 1.807) is 0 Å². The lowest BCUT2D eigenvalue weighted by Gasteiger charge is -2.04. The summed E-state index contributed by atoms with van der Waals surface area (Å²) in [6.45, 7) is 7.37. The predicted octanol–water partition coefficient (Wildman–Crippen LogP) is 12.1. The van der Waals surface area contributed by atoms with Crippen molar-refractivity contribution in [3.8, 4) is 0 Å². The Bertz CT molecular complexity index is 284. The van der Waals surface area contributed by atoms with Crippen molar-refractivity contribution in [3.63, 3.8) is 0 Å². The van der Waals surface area contributed by atoms with Crippen molar-refractivity contribution in [2.45, 2.75) is 194 Å². The van der Waals surface area contributed by atoms with Crippen LogP contribution in [0, 0.1) is 6.61 Å². The molecule has 0 amide bonds. The average molecular weight is 466 g/mol. The fourth-order valence-electron chi connectivity index (χ4n) is 4.83. The van der Waals surface area contributed by atoms with Crippen molar-refractivity contribution in [2.24, 2.45) is 0 Å². The molecule has 1 heteroatoms. The van der Waals surface area contributed by atoms with Crippen molar-refractivity contribution in [2.75, 3.05) is 6.61 Å². The Morgan fingerprint density at radius 3 is 0.879 bits per heavy atom. The van der Waals surface area contributed by atoms with Gasteiger partial charge in [0.25, 0.3) is 0 Å². The largest absolute Gasteiger partial charge is 0.376 e. The summed E-state index contributed by atoms with van der Waals surface area (Å²) in [6.07, 6.45) is 40.2. The Morgan fingerprint density at radius 2 is 0.606 bits per heavy atom. The minimum atomic E-state index is 0.888. The Balaban J connectivity index is 2.99. The molecule has 0 heterocycles. The number of hydrogen-bond donors (Lipinski definition) is 0. The highest BCUT2D eigenvalue weighted by atomic mass is 16.5. The van der Waals surface area contributed by atoms with E-state index in [1.165, 1.54) is 167 Å². The quantitative estimate of drug-likeness (QED) is 0.0958. The molecule has 0 unspecified atom stereocenters. The van der Waals surface area contributed by atoms with Gasteiger partial charge >= 0.3 is 0 Å². The van der Waals surface area contributed by atoms with E-state index in [0.29, 0.717) is 0 Å². The zero-order valence-electron chi connectivity index (χ0n) is 23.5. The monoisotopic (exact) mass is 466 g/mol. The maximum absolute atomic E-state index is 5.41. The predicted molar refractivity (Wildman–Crippen MR) is 151 cm³/mol. The summed E-state index contributed by atoms with van der Waals surface area (Å²) < 4.78 is 5.41. The van der Waals surface area contributed by atoms with E-state index in [2.05, 4.69) is 13.8 Å². The molecule has 0 aromatic rings. The molecular formula is C32H65O. The maximum Gasteiger partial charge on any atom is 0.0836 e. The molecule has 33 heavy (non-hydrogen) atoms. The molecule has 0 saturated carbocycles. The first-order valence-corrected chi connectivity index (χ1v) is 15.8. The first-order chi connectivity index (χ1) is 16.4. The summed E-state index contributed by atoms with van der Waals surface area (Å²) in [4.78, 5) is 0. The Morgan fingerprint density at radius 1 is 0.333 bits per heavy atom. The topological polar surface area (TPSA) is 9.23 Å². The Kier molecular flexibility index (Phi) is 31.9. The molecule has 0 aliphatic rings. The van der Waals surface area contributed by atoms with Gasteiger partial charge in [-0.25, -0.2) is 0 Å². The minimum absolute atomic E-state index is 0.888. The number of rotatable bonds is 30. The van der Waals surface area contributed by atoms with Crippen LogP contribution < -0.4 is 0 Å². The first-order valence-electron chi connectivity index (χ1n) is 15.8. The fourth-order valence-corrected chi connectivity index (χ4v) is 4.83. The highest BCUT2D eigenvalue weighted by molar-refractivity contribution is 4.54. The normalized spacial score (nSPS) is 11.5. The van der Waals surface area contributed by atoms with E-state index in [0.717, 1.165) is 19.4 Å². The van der Waals surface area contributed by atoms with Crippen LogP contribution in [0.15, 0.2) is 0 Å². The SMILES string of the molecule is CCCCCCCCCCCCCCCCCCCCCCCCCCCC[CH]OCCC. The van der Waals surface area contributed by atoms with Gasteiger partial charge in [0.05, 0.1) is 6.61 Å². The van der Waals surface area contributed by atoms with Gasteiger partial charge in [-0.3, -0.25) is 0 Å². The van der Waals surface area contributed by atoms with Crippen molar-refractivity contribution < 1.29 is 4.74 Å². The molecule has 0 atom stereocenters. The molecule has 0 fully saturated rings. The van der Waals surface area contributed by atoms with Crippen LogP contribution in [0.4, 0.5) is 0 Å². The molecule has 1 nitrogen and oxygen atoms in total. The van der Waals surface area contributed by atoms with Gasteiger partial charge in [0.1, 0.15) is 0 Å². The molecule has 199 valence electrons. The van der Waals surface area contributed by atoms with E-state index in [9.17, 15) is 0 Å². The number of hydrogen-bond acceptors (Lipinski definition) is 1. The van der Waals surface area contributed by atoms with Crippen molar-refractivity contribution >= 4 is 0 Å². The zero-order chi connectivity index (χ0) is 23.9. The fraction of sp³-hybridized carbons (Fsp3) is 0.969. The summed E-state index contributed by atoms with van der Waals surface area (Å²) in [5, 5.41) is 0. The van der Waals surface area contributed by atoms with Crippen LogP contribution in [-0.4, -0.2) is 6.61 Å². The first kappa shape index (κ1) is 33.0. The van der Waals surface area contributed by atoms with Crippen molar-refractivity contribution in [1.82, 2.24) is 0 Å². The zero-order valence-corrected chi connectivity index (χ0v) is 23.5. The molecule has 0 rings (SSSR count). The van der Waals surface area contributed by atoms with Crippen LogP contribution in [0.3, 0.4) is 0 Å².